The fourth-order valence-electron chi connectivity index (χ4n) is 4.43. The largest absolute Gasteiger partial charge is 0.228 e. The van der Waals surface area contributed by atoms with Crippen LogP contribution in [0.5, 0.6) is 0 Å². The molecule has 0 saturated heterocycles. The van der Waals surface area contributed by atoms with Gasteiger partial charge in [0.05, 0.1) is 11.4 Å². The Labute approximate surface area is 225 Å². The Bertz CT molecular complexity index is 1540. The number of nitrogens with zero attached hydrogens (tertiary/aromatic N) is 2. The Morgan fingerprint density at radius 3 is 1.22 bits per heavy atom. The first-order valence-electron chi connectivity index (χ1n) is 12.2. The molecule has 0 unspecified atom stereocenters. The molecule has 0 amide bonds. The maximum atomic E-state index is 4.98. The predicted octanol–water partition coefficient (Wildman–Crippen LogP) is 9.57. The van der Waals surface area contributed by atoms with Crippen LogP contribution in [-0.2, 0) is 0 Å². The molecule has 0 atom stereocenters. The van der Waals surface area contributed by atoms with Gasteiger partial charge >= 0.3 is 0 Å². The topological polar surface area (TPSA) is 25.8 Å². The third kappa shape index (κ3) is 5.13. The second-order valence-corrected chi connectivity index (χ2v) is 9.77. The van der Waals surface area contributed by atoms with Crippen molar-refractivity contribution >= 4 is 15.9 Å². The van der Waals surface area contributed by atoms with Gasteiger partial charge in [-0.25, -0.2) is 9.97 Å². The van der Waals surface area contributed by atoms with Crippen LogP contribution in [0.4, 0.5) is 0 Å². The van der Waals surface area contributed by atoms with Crippen LogP contribution >= 0.6 is 15.9 Å². The van der Waals surface area contributed by atoms with Gasteiger partial charge in [-0.1, -0.05) is 137 Å². The molecule has 176 valence electrons. The first-order valence-corrected chi connectivity index (χ1v) is 13.0. The number of halogens is 1. The summed E-state index contributed by atoms with van der Waals surface area (Å²) in [6.45, 7) is 0. The number of benzene rings is 5. The smallest absolute Gasteiger partial charge is 0.160 e. The van der Waals surface area contributed by atoms with Gasteiger partial charge in [-0.3, -0.25) is 0 Å². The lowest BCUT2D eigenvalue weighted by Crippen LogP contribution is -1.96. The van der Waals surface area contributed by atoms with Crippen molar-refractivity contribution in [2.75, 3.05) is 0 Å². The normalized spacial score (nSPS) is 10.8. The molecule has 0 radical (unpaired) electrons. The van der Waals surface area contributed by atoms with Crippen molar-refractivity contribution < 1.29 is 0 Å². The lowest BCUT2D eigenvalue weighted by atomic mass is 10.0. The first-order chi connectivity index (χ1) is 18.2. The van der Waals surface area contributed by atoms with Crippen molar-refractivity contribution in [3.05, 3.63) is 144 Å². The molecule has 6 aromatic rings. The molecule has 3 heteroatoms. The Morgan fingerprint density at radius 1 is 0.351 bits per heavy atom. The number of aromatic nitrogens is 2. The van der Waals surface area contributed by atoms with E-state index in [2.05, 4.69) is 125 Å². The van der Waals surface area contributed by atoms with Crippen molar-refractivity contribution in [2.45, 2.75) is 0 Å². The molecule has 0 saturated carbocycles. The SMILES string of the molecule is Brc1cccc(-c2nc(-c3ccc(-c4ccccc4)cc3)cc(-c3ccc(-c4ccccc4)cc3)n2)c1. The van der Waals surface area contributed by atoms with Gasteiger partial charge < -0.3 is 0 Å². The maximum absolute atomic E-state index is 4.98. The van der Waals surface area contributed by atoms with E-state index in [1.165, 1.54) is 22.3 Å². The number of rotatable bonds is 5. The summed E-state index contributed by atoms with van der Waals surface area (Å²) in [6.07, 6.45) is 0. The van der Waals surface area contributed by atoms with E-state index in [1.54, 1.807) is 0 Å². The van der Waals surface area contributed by atoms with Crippen LogP contribution in [0.2, 0.25) is 0 Å². The monoisotopic (exact) mass is 538 g/mol. The highest BCUT2D eigenvalue weighted by Gasteiger charge is 2.12. The summed E-state index contributed by atoms with van der Waals surface area (Å²) < 4.78 is 1.000. The molecule has 0 aliphatic carbocycles. The van der Waals surface area contributed by atoms with Crippen molar-refractivity contribution in [3.8, 4) is 56.2 Å². The second-order valence-electron chi connectivity index (χ2n) is 8.86. The summed E-state index contributed by atoms with van der Waals surface area (Å²) in [6, 6.07) is 48.2. The zero-order chi connectivity index (χ0) is 25.0. The average Bonchev–Trinajstić information content (AvgIpc) is 2.98. The van der Waals surface area contributed by atoms with E-state index in [0.29, 0.717) is 5.82 Å². The van der Waals surface area contributed by atoms with E-state index >= 15 is 0 Å². The second kappa shape index (κ2) is 10.3. The van der Waals surface area contributed by atoms with E-state index < -0.39 is 0 Å². The first kappa shape index (κ1) is 23.1. The zero-order valence-corrected chi connectivity index (χ0v) is 21.6. The van der Waals surface area contributed by atoms with Crippen molar-refractivity contribution in [1.82, 2.24) is 9.97 Å². The minimum atomic E-state index is 0.702. The fraction of sp³-hybridized carbons (Fsp3) is 0. The number of hydrogen-bond acceptors (Lipinski definition) is 2. The lowest BCUT2D eigenvalue weighted by molar-refractivity contribution is 1.18. The predicted molar refractivity (Wildman–Crippen MR) is 157 cm³/mol. The van der Waals surface area contributed by atoms with Crippen LogP contribution in [0.25, 0.3) is 56.2 Å². The molecule has 0 aliphatic rings. The third-order valence-corrected chi connectivity index (χ3v) is 6.88. The van der Waals surface area contributed by atoms with Crippen LogP contribution in [0.15, 0.2) is 144 Å². The van der Waals surface area contributed by atoms with Gasteiger partial charge in [-0.15, -0.1) is 0 Å². The Balaban J connectivity index is 1.42. The molecule has 0 bridgehead atoms. The Hall–Kier alpha value is -4.34. The summed E-state index contributed by atoms with van der Waals surface area (Å²) in [7, 11) is 0. The molecule has 0 aliphatic heterocycles. The zero-order valence-electron chi connectivity index (χ0n) is 20.1. The van der Waals surface area contributed by atoms with Crippen LogP contribution in [-0.4, -0.2) is 9.97 Å². The highest BCUT2D eigenvalue weighted by atomic mass is 79.9. The molecule has 1 heterocycles. The van der Waals surface area contributed by atoms with Gasteiger partial charge in [0.2, 0.25) is 0 Å². The van der Waals surface area contributed by atoms with E-state index in [1.807, 2.05) is 30.3 Å². The van der Waals surface area contributed by atoms with Gasteiger partial charge in [-0.2, -0.15) is 0 Å². The molecule has 1 aromatic heterocycles. The summed E-state index contributed by atoms with van der Waals surface area (Å²) in [5, 5.41) is 0. The van der Waals surface area contributed by atoms with Crippen molar-refractivity contribution in [1.29, 1.82) is 0 Å². The summed E-state index contributed by atoms with van der Waals surface area (Å²) in [4.78, 5) is 9.95. The maximum Gasteiger partial charge on any atom is 0.160 e. The van der Waals surface area contributed by atoms with Gasteiger partial charge in [-0.05, 0) is 40.5 Å². The van der Waals surface area contributed by atoms with Crippen LogP contribution in [0.3, 0.4) is 0 Å². The molecule has 2 nitrogen and oxygen atoms in total. The minimum absolute atomic E-state index is 0.702. The van der Waals surface area contributed by atoms with E-state index in [4.69, 9.17) is 9.97 Å². The van der Waals surface area contributed by atoms with E-state index in [9.17, 15) is 0 Å². The molecule has 5 aromatic carbocycles. The molecule has 37 heavy (non-hydrogen) atoms. The van der Waals surface area contributed by atoms with Crippen LogP contribution < -0.4 is 0 Å². The molecule has 6 rings (SSSR count). The average molecular weight is 539 g/mol. The van der Waals surface area contributed by atoms with Crippen LogP contribution in [0.1, 0.15) is 0 Å². The molecule has 0 fully saturated rings. The van der Waals surface area contributed by atoms with Gasteiger partial charge in [0.25, 0.3) is 0 Å². The Morgan fingerprint density at radius 2 is 0.757 bits per heavy atom. The minimum Gasteiger partial charge on any atom is -0.228 e. The third-order valence-electron chi connectivity index (χ3n) is 6.38. The molecule has 0 spiro atoms. The van der Waals surface area contributed by atoms with Gasteiger partial charge in [0.1, 0.15) is 0 Å². The number of hydrogen-bond donors (Lipinski definition) is 0. The summed E-state index contributed by atoms with van der Waals surface area (Å²) in [5.74, 6) is 0.702. The van der Waals surface area contributed by atoms with Gasteiger partial charge in [0.15, 0.2) is 5.82 Å². The van der Waals surface area contributed by atoms with E-state index in [0.717, 1.165) is 32.6 Å². The molecular weight excluding hydrogens is 516 g/mol. The fourth-order valence-corrected chi connectivity index (χ4v) is 4.83. The quantitative estimate of drug-likeness (QED) is 0.218. The highest BCUT2D eigenvalue weighted by Crippen LogP contribution is 2.31. The summed E-state index contributed by atoms with van der Waals surface area (Å²) >= 11 is 3.59. The van der Waals surface area contributed by atoms with E-state index in [-0.39, 0.29) is 0 Å². The lowest BCUT2D eigenvalue weighted by Gasteiger charge is -2.11. The molecule has 0 N–H and O–H groups in total. The molecular formula is C34H23BrN2. The van der Waals surface area contributed by atoms with Crippen molar-refractivity contribution in [2.24, 2.45) is 0 Å². The summed E-state index contributed by atoms with van der Waals surface area (Å²) in [5.41, 5.74) is 9.64. The van der Waals surface area contributed by atoms with Crippen molar-refractivity contribution in [3.63, 3.8) is 0 Å². The Kier molecular flexibility index (Phi) is 6.45. The van der Waals surface area contributed by atoms with Crippen LogP contribution in [0, 0.1) is 0 Å². The highest BCUT2D eigenvalue weighted by molar-refractivity contribution is 9.10. The van der Waals surface area contributed by atoms with Gasteiger partial charge in [0, 0.05) is 21.2 Å². The standard InChI is InChI=1S/C34H23BrN2/c35-31-13-7-12-30(22-31)34-36-32(28-18-14-26(15-19-28)24-8-3-1-4-9-24)23-33(37-34)29-20-16-27(17-21-29)25-10-5-2-6-11-25/h1-23H.